The first-order valence-electron chi connectivity index (χ1n) is 7.70. The number of ketones is 1. The van der Waals surface area contributed by atoms with Crippen molar-refractivity contribution >= 4 is 17.4 Å². The van der Waals surface area contributed by atoms with Crippen molar-refractivity contribution in [2.45, 2.75) is 38.7 Å². The van der Waals surface area contributed by atoms with Crippen LogP contribution in [0.25, 0.3) is 0 Å². The van der Waals surface area contributed by atoms with E-state index in [1.165, 1.54) is 13.2 Å². The standard InChI is InChI=1S/C16H19NO7/c1-3-23-15-9-11(17(20)21)10(8-14(15)22-2)16(19)24-13-7-5-4-6-12(13)18/h8-9,13H,3-7H2,1-2H3/t13-/m0/s1. The molecule has 1 aromatic rings. The zero-order chi connectivity index (χ0) is 17.7. The Morgan fingerprint density at radius 3 is 2.67 bits per heavy atom. The van der Waals surface area contributed by atoms with E-state index in [0.29, 0.717) is 12.8 Å². The second-order valence-electron chi connectivity index (χ2n) is 5.32. The topological polar surface area (TPSA) is 105 Å². The smallest absolute Gasteiger partial charge is 0.346 e. The number of nitrogens with zero attached hydrogens (tertiary/aromatic N) is 1. The van der Waals surface area contributed by atoms with Crippen LogP contribution in [0.1, 0.15) is 43.0 Å². The highest BCUT2D eigenvalue weighted by atomic mass is 16.6. The predicted octanol–water partition coefficient (Wildman–Crippen LogP) is 2.67. The predicted molar refractivity (Wildman–Crippen MR) is 83.5 cm³/mol. The molecule has 0 amide bonds. The van der Waals surface area contributed by atoms with E-state index in [1.807, 2.05) is 0 Å². The molecule has 1 aromatic carbocycles. The number of methoxy groups -OCH3 is 1. The summed E-state index contributed by atoms with van der Waals surface area (Å²) in [5.41, 5.74) is -0.716. The maximum absolute atomic E-state index is 12.3. The van der Waals surface area contributed by atoms with Gasteiger partial charge in [-0.3, -0.25) is 14.9 Å². The molecule has 24 heavy (non-hydrogen) atoms. The number of carbonyl (C=O) groups is 2. The number of carbonyl (C=O) groups excluding carboxylic acids is 2. The minimum atomic E-state index is -0.914. The minimum Gasteiger partial charge on any atom is -0.493 e. The molecule has 8 nitrogen and oxygen atoms in total. The number of hydrogen-bond acceptors (Lipinski definition) is 7. The van der Waals surface area contributed by atoms with Crippen LogP contribution in [0.3, 0.4) is 0 Å². The summed E-state index contributed by atoms with van der Waals surface area (Å²) in [7, 11) is 1.36. The van der Waals surface area contributed by atoms with Crippen LogP contribution in [0, 0.1) is 10.1 Å². The third-order valence-electron chi connectivity index (χ3n) is 3.75. The van der Waals surface area contributed by atoms with Gasteiger partial charge < -0.3 is 14.2 Å². The Kier molecular flexibility index (Phi) is 5.73. The first-order chi connectivity index (χ1) is 11.5. The van der Waals surface area contributed by atoms with Crippen molar-refractivity contribution in [1.29, 1.82) is 0 Å². The number of benzene rings is 1. The molecule has 0 saturated heterocycles. The van der Waals surface area contributed by atoms with E-state index in [4.69, 9.17) is 14.2 Å². The summed E-state index contributed by atoms with van der Waals surface area (Å²) in [5, 5.41) is 11.3. The van der Waals surface area contributed by atoms with E-state index in [0.717, 1.165) is 18.9 Å². The molecule has 0 spiro atoms. The van der Waals surface area contributed by atoms with Crippen LogP contribution in [-0.4, -0.2) is 36.5 Å². The Hall–Kier alpha value is -2.64. The largest absolute Gasteiger partial charge is 0.493 e. The SMILES string of the molecule is CCOc1cc([N+](=O)[O-])c(C(=O)O[C@H]2CCCCC2=O)cc1OC. The van der Waals surface area contributed by atoms with E-state index < -0.39 is 22.7 Å². The van der Waals surface area contributed by atoms with E-state index in [9.17, 15) is 19.7 Å². The van der Waals surface area contributed by atoms with Crippen LogP contribution in [-0.2, 0) is 9.53 Å². The highest BCUT2D eigenvalue weighted by molar-refractivity contribution is 5.97. The first kappa shape index (κ1) is 17.7. The number of ether oxygens (including phenoxy) is 3. The monoisotopic (exact) mass is 337 g/mol. The lowest BCUT2D eigenvalue weighted by Gasteiger charge is -2.20. The lowest BCUT2D eigenvalue weighted by atomic mass is 9.96. The molecule has 130 valence electrons. The second-order valence-corrected chi connectivity index (χ2v) is 5.32. The van der Waals surface area contributed by atoms with Gasteiger partial charge in [0.1, 0.15) is 5.56 Å². The Bertz CT molecular complexity index is 656. The first-order valence-corrected chi connectivity index (χ1v) is 7.70. The lowest BCUT2D eigenvalue weighted by molar-refractivity contribution is -0.385. The van der Waals surface area contributed by atoms with Crippen molar-refractivity contribution in [2.24, 2.45) is 0 Å². The molecule has 0 unspecified atom stereocenters. The minimum absolute atomic E-state index is 0.157. The highest BCUT2D eigenvalue weighted by Crippen LogP contribution is 2.35. The van der Waals surface area contributed by atoms with Crippen molar-refractivity contribution < 1.29 is 28.7 Å². The Balaban J connectivity index is 2.34. The van der Waals surface area contributed by atoms with Gasteiger partial charge in [0.15, 0.2) is 23.4 Å². The summed E-state index contributed by atoms with van der Waals surface area (Å²) in [6, 6.07) is 2.33. The van der Waals surface area contributed by atoms with Gasteiger partial charge in [-0.25, -0.2) is 4.79 Å². The number of esters is 1. The molecule has 2 rings (SSSR count). The van der Waals surface area contributed by atoms with Crippen molar-refractivity contribution in [2.75, 3.05) is 13.7 Å². The molecule has 0 N–H and O–H groups in total. The number of rotatable bonds is 6. The Morgan fingerprint density at radius 2 is 2.08 bits per heavy atom. The summed E-state index contributed by atoms with van der Waals surface area (Å²) in [6.07, 6.45) is 1.49. The van der Waals surface area contributed by atoms with Crippen molar-refractivity contribution in [3.8, 4) is 11.5 Å². The van der Waals surface area contributed by atoms with E-state index >= 15 is 0 Å². The zero-order valence-corrected chi connectivity index (χ0v) is 13.6. The molecule has 0 aliphatic heterocycles. The fourth-order valence-corrected chi connectivity index (χ4v) is 2.56. The summed E-state index contributed by atoms with van der Waals surface area (Å²) in [6.45, 7) is 2.01. The molecular formula is C16H19NO7. The van der Waals surface area contributed by atoms with Crippen LogP contribution >= 0.6 is 0 Å². The fourth-order valence-electron chi connectivity index (χ4n) is 2.56. The van der Waals surface area contributed by atoms with Gasteiger partial charge in [0.25, 0.3) is 5.69 Å². The second kappa shape index (κ2) is 7.76. The van der Waals surface area contributed by atoms with Crippen LogP contribution in [0.4, 0.5) is 5.69 Å². The van der Waals surface area contributed by atoms with Gasteiger partial charge in [-0.2, -0.15) is 0 Å². The third-order valence-corrected chi connectivity index (χ3v) is 3.75. The molecule has 1 aliphatic rings. The molecule has 0 bridgehead atoms. The number of hydrogen-bond donors (Lipinski definition) is 0. The summed E-state index contributed by atoms with van der Waals surface area (Å²) < 4.78 is 15.6. The van der Waals surface area contributed by atoms with Crippen molar-refractivity contribution in [3.05, 3.63) is 27.8 Å². The van der Waals surface area contributed by atoms with Gasteiger partial charge in [0.2, 0.25) is 0 Å². The average Bonchev–Trinajstić information content (AvgIpc) is 2.56. The third kappa shape index (κ3) is 3.81. The molecule has 1 saturated carbocycles. The van der Waals surface area contributed by atoms with Crippen LogP contribution in [0.5, 0.6) is 11.5 Å². The highest BCUT2D eigenvalue weighted by Gasteiger charge is 2.31. The maximum atomic E-state index is 12.3. The summed E-state index contributed by atoms with van der Waals surface area (Å²) in [5.74, 6) is -0.722. The van der Waals surface area contributed by atoms with E-state index in [2.05, 4.69) is 0 Å². The van der Waals surface area contributed by atoms with Gasteiger partial charge >= 0.3 is 5.97 Å². The number of nitro groups is 1. The van der Waals surface area contributed by atoms with Gasteiger partial charge in [-0.15, -0.1) is 0 Å². The molecule has 1 aliphatic carbocycles. The molecule has 1 fully saturated rings. The zero-order valence-electron chi connectivity index (χ0n) is 13.6. The van der Waals surface area contributed by atoms with Gasteiger partial charge in [0.05, 0.1) is 24.7 Å². The van der Waals surface area contributed by atoms with E-state index in [1.54, 1.807) is 6.92 Å². The Labute approximate surface area is 138 Å². The molecule has 0 heterocycles. The number of nitro benzene ring substituents is 1. The summed E-state index contributed by atoms with van der Waals surface area (Å²) >= 11 is 0. The van der Waals surface area contributed by atoms with Crippen LogP contribution in [0.15, 0.2) is 12.1 Å². The average molecular weight is 337 g/mol. The molecule has 1 atom stereocenters. The van der Waals surface area contributed by atoms with Crippen molar-refractivity contribution in [3.63, 3.8) is 0 Å². The maximum Gasteiger partial charge on any atom is 0.346 e. The summed E-state index contributed by atoms with van der Waals surface area (Å²) in [4.78, 5) is 34.7. The number of Topliss-reactive ketones (excluding diaryl/α,β-unsaturated/α-hetero) is 1. The van der Waals surface area contributed by atoms with Crippen LogP contribution in [0.2, 0.25) is 0 Å². The van der Waals surface area contributed by atoms with Gasteiger partial charge in [-0.05, 0) is 26.2 Å². The normalized spacial score (nSPS) is 17.2. The molecule has 8 heteroatoms. The van der Waals surface area contributed by atoms with Gasteiger partial charge in [-0.1, -0.05) is 0 Å². The van der Waals surface area contributed by atoms with Crippen molar-refractivity contribution in [1.82, 2.24) is 0 Å². The lowest BCUT2D eigenvalue weighted by Crippen LogP contribution is -2.30. The van der Waals surface area contributed by atoms with E-state index in [-0.39, 0.29) is 29.5 Å². The Morgan fingerprint density at radius 1 is 1.33 bits per heavy atom. The van der Waals surface area contributed by atoms with Gasteiger partial charge in [0, 0.05) is 12.5 Å². The molecular weight excluding hydrogens is 318 g/mol. The molecule has 0 aromatic heterocycles. The fraction of sp³-hybridized carbons (Fsp3) is 0.500. The quantitative estimate of drug-likeness (QED) is 0.446. The molecule has 0 radical (unpaired) electrons. The van der Waals surface area contributed by atoms with Crippen LogP contribution < -0.4 is 9.47 Å².